The summed E-state index contributed by atoms with van der Waals surface area (Å²) >= 11 is 0. The number of nitrogens with two attached hydrogens (primary N) is 1. The normalized spacial score (nSPS) is 23.5. The highest BCUT2D eigenvalue weighted by atomic mass is 16.1. The van der Waals surface area contributed by atoms with Crippen LogP contribution in [0, 0.1) is 36.0 Å². The van der Waals surface area contributed by atoms with Gasteiger partial charge in [-0.15, -0.1) is 0 Å². The quantitative estimate of drug-likeness (QED) is 0.361. The van der Waals surface area contributed by atoms with Gasteiger partial charge >= 0.3 is 0 Å². The van der Waals surface area contributed by atoms with Crippen LogP contribution in [0.2, 0.25) is 0 Å². The number of primary amides is 1. The maximum absolute atomic E-state index is 13.2. The van der Waals surface area contributed by atoms with E-state index in [1.54, 1.807) is 12.1 Å². The molecular weight excluding hydrogens is 496 g/mol. The molecule has 4 aromatic rings. The van der Waals surface area contributed by atoms with Crippen LogP contribution in [0.15, 0.2) is 78.9 Å². The van der Waals surface area contributed by atoms with Crippen molar-refractivity contribution in [3.8, 4) is 28.5 Å². The van der Waals surface area contributed by atoms with Crippen molar-refractivity contribution >= 4 is 11.7 Å². The van der Waals surface area contributed by atoms with E-state index in [9.17, 15) is 14.9 Å². The average molecular weight is 527 g/mol. The van der Waals surface area contributed by atoms with E-state index in [2.05, 4.69) is 30.3 Å². The number of aryl methyl sites for hydroxylation is 1. The molecular formula is C34H30N4O2. The van der Waals surface area contributed by atoms with Gasteiger partial charge in [0.25, 0.3) is 0 Å². The number of aromatic nitrogens is 2. The molecule has 1 amide bonds. The van der Waals surface area contributed by atoms with Crippen LogP contribution in [0.1, 0.15) is 52.8 Å². The topological polar surface area (TPSA) is 110 Å². The van der Waals surface area contributed by atoms with Crippen molar-refractivity contribution in [3.63, 3.8) is 0 Å². The summed E-state index contributed by atoms with van der Waals surface area (Å²) in [5.74, 6) is -0.606. The summed E-state index contributed by atoms with van der Waals surface area (Å²) in [5, 5.41) is 10.0. The summed E-state index contributed by atoms with van der Waals surface area (Å²) in [6.45, 7) is 3.90. The Bertz CT molecular complexity index is 1670. The number of carbonyl (C=O) groups is 2. The summed E-state index contributed by atoms with van der Waals surface area (Å²) in [6, 6.07) is 28.1. The molecule has 6 heteroatoms. The Morgan fingerprint density at radius 3 is 2.40 bits per heavy atom. The van der Waals surface area contributed by atoms with Crippen LogP contribution in [-0.2, 0) is 16.6 Å². The third-order valence-electron chi connectivity index (χ3n) is 8.89. The second kappa shape index (κ2) is 9.84. The number of amides is 1. The molecule has 2 aliphatic carbocycles. The van der Waals surface area contributed by atoms with Crippen molar-refractivity contribution in [1.29, 1.82) is 5.26 Å². The molecule has 6 nitrogen and oxygen atoms in total. The van der Waals surface area contributed by atoms with Crippen molar-refractivity contribution in [3.05, 3.63) is 107 Å². The average Bonchev–Trinajstić information content (AvgIpc) is 2.99. The number of nitriles is 1. The van der Waals surface area contributed by atoms with Gasteiger partial charge in [-0.2, -0.15) is 5.26 Å². The Morgan fingerprint density at radius 2 is 1.70 bits per heavy atom. The highest BCUT2D eigenvalue weighted by Crippen LogP contribution is 2.56. The minimum absolute atomic E-state index is 0.0450. The molecule has 6 rings (SSSR count). The molecule has 0 bridgehead atoms. The first-order valence-corrected chi connectivity index (χ1v) is 13.7. The maximum atomic E-state index is 13.2. The summed E-state index contributed by atoms with van der Waals surface area (Å²) in [4.78, 5) is 34.8. The van der Waals surface area contributed by atoms with E-state index in [1.165, 1.54) is 0 Å². The molecule has 1 unspecified atom stereocenters. The molecule has 0 radical (unpaired) electrons. The van der Waals surface area contributed by atoms with Crippen LogP contribution < -0.4 is 5.73 Å². The smallest absolute Gasteiger partial charge is 0.248 e. The number of fused-ring (bicyclic) bond motifs is 3. The Hall–Kier alpha value is -4.63. The number of ketones is 1. The summed E-state index contributed by atoms with van der Waals surface area (Å²) in [7, 11) is 0. The molecule has 198 valence electrons. The SMILES string of the molecule is Cc1nc(-c2cccc(-c3ccc(C(N)=O)cc3)c2)c2c(n1)[C@]1(c3ccccc3)CC(C#N)C(=O)[C@@H](C)[C@@H]1CC2. The summed E-state index contributed by atoms with van der Waals surface area (Å²) < 4.78 is 0. The fraction of sp³-hybridized carbons (Fsp3) is 0.265. The number of carbonyl (C=O) groups excluding carboxylic acids is 2. The predicted octanol–water partition coefficient (Wildman–Crippen LogP) is 5.82. The highest BCUT2D eigenvalue weighted by molar-refractivity contribution is 5.93. The van der Waals surface area contributed by atoms with Crippen molar-refractivity contribution in [2.24, 2.45) is 23.5 Å². The predicted molar refractivity (Wildman–Crippen MR) is 153 cm³/mol. The molecule has 2 N–H and O–H groups in total. The van der Waals surface area contributed by atoms with Gasteiger partial charge in [-0.25, -0.2) is 9.97 Å². The van der Waals surface area contributed by atoms with Gasteiger partial charge in [0.05, 0.1) is 17.5 Å². The lowest BCUT2D eigenvalue weighted by Gasteiger charge is -2.51. The Kier molecular flexibility index (Phi) is 6.31. The molecule has 1 saturated carbocycles. The van der Waals surface area contributed by atoms with Crippen molar-refractivity contribution in [2.75, 3.05) is 0 Å². The van der Waals surface area contributed by atoms with E-state index in [0.29, 0.717) is 17.8 Å². The zero-order valence-corrected chi connectivity index (χ0v) is 22.6. The number of Topliss-reactive ketones (excluding diaryl/α,β-unsaturated/α-hetero) is 1. The monoisotopic (exact) mass is 526 g/mol. The fourth-order valence-corrected chi connectivity index (χ4v) is 7.01. The molecule has 0 saturated heterocycles. The van der Waals surface area contributed by atoms with Crippen molar-refractivity contribution in [1.82, 2.24) is 9.97 Å². The third-order valence-corrected chi connectivity index (χ3v) is 8.89. The lowest BCUT2D eigenvalue weighted by Crippen LogP contribution is -2.53. The molecule has 0 aliphatic heterocycles. The Balaban J connectivity index is 1.54. The molecule has 1 aromatic heterocycles. The minimum atomic E-state index is -0.678. The largest absolute Gasteiger partial charge is 0.366 e. The van der Waals surface area contributed by atoms with Crippen LogP contribution in [0.4, 0.5) is 0 Å². The van der Waals surface area contributed by atoms with Crippen molar-refractivity contribution < 1.29 is 9.59 Å². The number of hydrogen-bond acceptors (Lipinski definition) is 5. The first kappa shape index (κ1) is 25.6. The Morgan fingerprint density at radius 1 is 0.975 bits per heavy atom. The summed E-state index contributed by atoms with van der Waals surface area (Å²) in [5.41, 5.74) is 12.3. The highest BCUT2D eigenvalue weighted by Gasteiger charge is 2.56. The van der Waals surface area contributed by atoms with E-state index in [-0.39, 0.29) is 17.6 Å². The number of benzene rings is 3. The van der Waals surface area contributed by atoms with Crippen LogP contribution in [-0.4, -0.2) is 21.7 Å². The second-order valence-corrected chi connectivity index (χ2v) is 11.0. The zero-order chi connectivity index (χ0) is 28.0. The first-order valence-electron chi connectivity index (χ1n) is 13.7. The maximum Gasteiger partial charge on any atom is 0.248 e. The zero-order valence-electron chi connectivity index (χ0n) is 22.6. The van der Waals surface area contributed by atoms with Gasteiger partial charge in [0.15, 0.2) is 5.78 Å². The van der Waals surface area contributed by atoms with E-state index in [0.717, 1.165) is 52.0 Å². The lowest BCUT2D eigenvalue weighted by atomic mass is 9.50. The molecule has 3 aromatic carbocycles. The third kappa shape index (κ3) is 4.01. The molecule has 1 fully saturated rings. The second-order valence-electron chi connectivity index (χ2n) is 11.0. The van der Waals surface area contributed by atoms with Crippen LogP contribution >= 0.6 is 0 Å². The molecule has 0 spiro atoms. The van der Waals surface area contributed by atoms with Gasteiger partial charge in [-0.05, 0) is 67.0 Å². The van der Waals surface area contributed by atoms with E-state index in [1.807, 2.05) is 56.3 Å². The van der Waals surface area contributed by atoms with Crippen LogP contribution in [0.5, 0.6) is 0 Å². The summed E-state index contributed by atoms with van der Waals surface area (Å²) in [6.07, 6.45) is 2.01. The van der Waals surface area contributed by atoms with Crippen molar-refractivity contribution in [2.45, 2.75) is 38.5 Å². The number of nitrogens with zero attached hydrogens (tertiary/aromatic N) is 3. The Labute approximate surface area is 233 Å². The van der Waals surface area contributed by atoms with Gasteiger partial charge < -0.3 is 5.73 Å². The number of rotatable bonds is 4. The van der Waals surface area contributed by atoms with E-state index >= 15 is 0 Å². The van der Waals surface area contributed by atoms with Gasteiger partial charge in [-0.3, -0.25) is 9.59 Å². The minimum Gasteiger partial charge on any atom is -0.366 e. The van der Waals surface area contributed by atoms with Gasteiger partial charge in [0, 0.05) is 28.0 Å². The molecule has 4 atom stereocenters. The van der Waals surface area contributed by atoms with Gasteiger partial charge in [0.2, 0.25) is 5.91 Å². The molecule has 40 heavy (non-hydrogen) atoms. The van der Waals surface area contributed by atoms with Crippen LogP contribution in [0.25, 0.3) is 22.4 Å². The first-order chi connectivity index (χ1) is 19.3. The fourth-order valence-electron chi connectivity index (χ4n) is 7.01. The number of hydrogen-bond donors (Lipinski definition) is 1. The van der Waals surface area contributed by atoms with Gasteiger partial charge in [-0.1, -0.05) is 67.6 Å². The van der Waals surface area contributed by atoms with E-state index < -0.39 is 17.2 Å². The van der Waals surface area contributed by atoms with Gasteiger partial charge in [0.1, 0.15) is 11.7 Å². The molecule has 2 aliphatic rings. The lowest BCUT2D eigenvalue weighted by molar-refractivity contribution is -0.131. The molecule has 1 heterocycles. The standard InChI is InChI=1S/C34H30N4O2/c1-20-29-16-15-28-30(25-8-6-7-24(17-25)22-11-13-23(14-12-22)33(36)40)37-21(2)38-32(28)34(29,18-26(19-35)31(20)39)27-9-4-3-5-10-27/h3-14,17,20,26,29H,15-16,18H2,1-2H3,(H2,36,40)/t20-,26?,29-,34-/m0/s1. The van der Waals surface area contributed by atoms with E-state index in [4.69, 9.17) is 15.7 Å². The van der Waals surface area contributed by atoms with Crippen LogP contribution in [0.3, 0.4) is 0 Å².